The first-order valence-electron chi connectivity index (χ1n) is 4.19. The summed E-state index contributed by atoms with van der Waals surface area (Å²) >= 11 is 3.41. The molecule has 0 spiro atoms. The SMILES string of the molecule is CCC(C)(C)n1cc(C)c(Br)n1. The van der Waals surface area contributed by atoms with Gasteiger partial charge in [-0.25, -0.2) is 0 Å². The van der Waals surface area contributed by atoms with Crippen LogP contribution >= 0.6 is 15.9 Å². The molecular weight excluding hydrogens is 216 g/mol. The highest BCUT2D eigenvalue weighted by Gasteiger charge is 2.19. The van der Waals surface area contributed by atoms with Gasteiger partial charge in [-0.3, -0.25) is 4.68 Å². The summed E-state index contributed by atoms with van der Waals surface area (Å²) in [5.41, 5.74) is 1.31. The van der Waals surface area contributed by atoms with Gasteiger partial charge in [-0.2, -0.15) is 5.10 Å². The van der Waals surface area contributed by atoms with E-state index in [2.05, 4.69) is 54.9 Å². The fourth-order valence-electron chi connectivity index (χ4n) is 0.911. The Morgan fingerprint density at radius 1 is 1.58 bits per heavy atom. The lowest BCUT2D eigenvalue weighted by molar-refractivity contribution is 0.307. The number of hydrogen-bond donors (Lipinski definition) is 0. The van der Waals surface area contributed by atoms with Gasteiger partial charge in [0.15, 0.2) is 0 Å². The Morgan fingerprint density at radius 2 is 2.17 bits per heavy atom. The van der Waals surface area contributed by atoms with Gasteiger partial charge in [-0.15, -0.1) is 0 Å². The van der Waals surface area contributed by atoms with Crippen LogP contribution in [0.2, 0.25) is 0 Å². The molecule has 0 bridgehead atoms. The van der Waals surface area contributed by atoms with E-state index >= 15 is 0 Å². The van der Waals surface area contributed by atoms with Gasteiger partial charge < -0.3 is 0 Å². The largest absolute Gasteiger partial charge is 0.266 e. The van der Waals surface area contributed by atoms with Gasteiger partial charge in [0.05, 0.1) is 5.54 Å². The van der Waals surface area contributed by atoms with Gasteiger partial charge >= 0.3 is 0 Å². The maximum atomic E-state index is 4.39. The molecule has 3 heteroatoms. The van der Waals surface area contributed by atoms with Crippen LogP contribution in [-0.4, -0.2) is 9.78 Å². The first-order chi connectivity index (χ1) is 5.47. The molecule has 1 aromatic heterocycles. The Kier molecular flexibility index (Phi) is 2.61. The van der Waals surface area contributed by atoms with E-state index in [1.165, 1.54) is 5.56 Å². The zero-order chi connectivity index (χ0) is 9.35. The van der Waals surface area contributed by atoms with Crippen LogP contribution < -0.4 is 0 Å². The highest BCUT2D eigenvalue weighted by Crippen LogP contribution is 2.22. The number of rotatable bonds is 2. The zero-order valence-electron chi connectivity index (χ0n) is 8.06. The van der Waals surface area contributed by atoms with Crippen molar-refractivity contribution in [2.45, 2.75) is 39.7 Å². The fourth-order valence-corrected chi connectivity index (χ4v) is 1.18. The summed E-state index contributed by atoms with van der Waals surface area (Å²) in [7, 11) is 0. The quantitative estimate of drug-likeness (QED) is 0.764. The third-order valence-electron chi connectivity index (χ3n) is 2.32. The van der Waals surface area contributed by atoms with Crippen molar-refractivity contribution < 1.29 is 0 Å². The molecule has 1 rings (SSSR count). The summed E-state index contributed by atoms with van der Waals surface area (Å²) in [5, 5.41) is 4.39. The monoisotopic (exact) mass is 230 g/mol. The van der Waals surface area contributed by atoms with Crippen LogP contribution in [0, 0.1) is 6.92 Å². The molecule has 12 heavy (non-hydrogen) atoms. The Hall–Kier alpha value is -0.310. The van der Waals surface area contributed by atoms with Crippen LogP contribution in [0.1, 0.15) is 32.8 Å². The molecule has 0 unspecified atom stereocenters. The number of hydrogen-bond acceptors (Lipinski definition) is 1. The van der Waals surface area contributed by atoms with Crippen molar-refractivity contribution in [3.63, 3.8) is 0 Å². The molecule has 1 heterocycles. The van der Waals surface area contributed by atoms with Crippen molar-refractivity contribution in [2.24, 2.45) is 0 Å². The Labute approximate surface area is 82.1 Å². The lowest BCUT2D eigenvalue weighted by Gasteiger charge is -2.23. The molecular formula is C9H15BrN2. The molecule has 0 aliphatic rings. The number of aromatic nitrogens is 2. The van der Waals surface area contributed by atoms with Gasteiger partial charge in [0.2, 0.25) is 0 Å². The fraction of sp³-hybridized carbons (Fsp3) is 0.667. The van der Waals surface area contributed by atoms with Crippen LogP contribution in [0.4, 0.5) is 0 Å². The first kappa shape index (κ1) is 9.78. The highest BCUT2D eigenvalue weighted by molar-refractivity contribution is 9.10. The Morgan fingerprint density at radius 3 is 2.50 bits per heavy atom. The lowest BCUT2D eigenvalue weighted by Crippen LogP contribution is -2.25. The van der Waals surface area contributed by atoms with E-state index in [9.17, 15) is 0 Å². The molecule has 1 aromatic rings. The van der Waals surface area contributed by atoms with Gasteiger partial charge in [0.1, 0.15) is 4.60 Å². The standard InChI is InChI=1S/C9H15BrN2/c1-5-9(3,4)12-6-7(2)8(10)11-12/h6H,5H2,1-4H3. The van der Waals surface area contributed by atoms with Crippen molar-refractivity contribution in [1.29, 1.82) is 0 Å². The topological polar surface area (TPSA) is 17.8 Å². The van der Waals surface area contributed by atoms with E-state index in [1.807, 2.05) is 4.68 Å². The third kappa shape index (κ3) is 1.71. The molecule has 0 aromatic carbocycles. The Balaban J connectivity index is 3.04. The van der Waals surface area contributed by atoms with Gasteiger partial charge in [0, 0.05) is 11.8 Å². The van der Waals surface area contributed by atoms with Crippen molar-refractivity contribution in [2.75, 3.05) is 0 Å². The summed E-state index contributed by atoms with van der Waals surface area (Å²) < 4.78 is 2.97. The minimum Gasteiger partial charge on any atom is -0.266 e. The van der Waals surface area contributed by atoms with E-state index in [-0.39, 0.29) is 5.54 Å². The van der Waals surface area contributed by atoms with Crippen LogP contribution in [0.15, 0.2) is 10.8 Å². The second-order valence-corrected chi connectivity index (χ2v) is 4.46. The first-order valence-corrected chi connectivity index (χ1v) is 4.99. The second kappa shape index (κ2) is 3.21. The summed E-state index contributed by atoms with van der Waals surface area (Å²) in [6, 6.07) is 0. The normalized spacial score (nSPS) is 12.1. The summed E-state index contributed by atoms with van der Waals surface area (Å²) in [6.07, 6.45) is 3.16. The molecule has 0 atom stereocenters. The van der Waals surface area contributed by atoms with Crippen LogP contribution in [0.25, 0.3) is 0 Å². The van der Waals surface area contributed by atoms with Crippen LogP contribution in [0.5, 0.6) is 0 Å². The van der Waals surface area contributed by atoms with E-state index in [0.717, 1.165) is 11.0 Å². The molecule has 2 nitrogen and oxygen atoms in total. The van der Waals surface area contributed by atoms with E-state index in [1.54, 1.807) is 0 Å². The van der Waals surface area contributed by atoms with Gasteiger partial charge in [-0.05, 0) is 43.1 Å². The average Bonchev–Trinajstić information content (AvgIpc) is 2.33. The maximum absolute atomic E-state index is 4.39. The minimum atomic E-state index is 0.122. The predicted molar refractivity (Wildman–Crippen MR) is 54.3 cm³/mol. The van der Waals surface area contributed by atoms with E-state index in [4.69, 9.17) is 0 Å². The third-order valence-corrected chi connectivity index (χ3v) is 3.11. The molecule has 68 valence electrons. The van der Waals surface area contributed by atoms with Crippen LogP contribution in [0.3, 0.4) is 0 Å². The number of nitrogens with zero attached hydrogens (tertiary/aromatic N) is 2. The van der Waals surface area contributed by atoms with Gasteiger partial charge in [0.25, 0.3) is 0 Å². The zero-order valence-corrected chi connectivity index (χ0v) is 9.64. The van der Waals surface area contributed by atoms with Crippen molar-refractivity contribution in [3.05, 3.63) is 16.4 Å². The van der Waals surface area contributed by atoms with Crippen molar-refractivity contribution in [1.82, 2.24) is 9.78 Å². The highest BCUT2D eigenvalue weighted by atomic mass is 79.9. The molecule has 0 saturated carbocycles. The molecule has 0 amide bonds. The molecule has 0 N–H and O–H groups in total. The van der Waals surface area contributed by atoms with E-state index in [0.29, 0.717) is 0 Å². The summed E-state index contributed by atoms with van der Waals surface area (Å²) in [4.78, 5) is 0. The summed E-state index contributed by atoms with van der Waals surface area (Å²) in [6.45, 7) is 8.60. The molecule has 0 radical (unpaired) electrons. The molecule has 0 aliphatic carbocycles. The van der Waals surface area contributed by atoms with Crippen molar-refractivity contribution >= 4 is 15.9 Å². The number of aryl methyl sites for hydroxylation is 1. The average molecular weight is 231 g/mol. The summed E-state index contributed by atoms with van der Waals surface area (Å²) in [5.74, 6) is 0. The molecule has 0 saturated heterocycles. The Bertz CT molecular complexity index is 257. The second-order valence-electron chi connectivity index (χ2n) is 3.71. The smallest absolute Gasteiger partial charge is 0.131 e. The van der Waals surface area contributed by atoms with E-state index < -0.39 is 0 Å². The van der Waals surface area contributed by atoms with Gasteiger partial charge in [-0.1, -0.05) is 6.92 Å². The minimum absolute atomic E-state index is 0.122. The molecule has 0 aliphatic heterocycles. The van der Waals surface area contributed by atoms with Crippen LogP contribution in [-0.2, 0) is 5.54 Å². The predicted octanol–water partition coefficient (Wildman–Crippen LogP) is 3.10. The van der Waals surface area contributed by atoms with Crippen molar-refractivity contribution in [3.8, 4) is 0 Å². The lowest BCUT2D eigenvalue weighted by atomic mass is 10.0. The molecule has 0 fully saturated rings. The maximum Gasteiger partial charge on any atom is 0.131 e. The number of halogens is 1.